The van der Waals surface area contributed by atoms with Gasteiger partial charge in [-0.25, -0.2) is 0 Å². The lowest BCUT2D eigenvalue weighted by atomic mass is 9.93. The zero-order valence-corrected chi connectivity index (χ0v) is 13.3. The summed E-state index contributed by atoms with van der Waals surface area (Å²) in [6.07, 6.45) is 11.1. The molecular formula is C17H29N3. The van der Waals surface area contributed by atoms with E-state index < -0.39 is 0 Å². The molecule has 0 saturated heterocycles. The van der Waals surface area contributed by atoms with Crippen molar-refractivity contribution in [2.75, 3.05) is 7.05 Å². The van der Waals surface area contributed by atoms with Gasteiger partial charge in [0, 0.05) is 24.7 Å². The monoisotopic (exact) mass is 275 g/mol. The van der Waals surface area contributed by atoms with Gasteiger partial charge in [0.25, 0.3) is 0 Å². The molecule has 3 nitrogen and oxygen atoms in total. The Bertz CT molecular complexity index is 445. The zero-order chi connectivity index (χ0) is 14.4. The molecule has 112 valence electrons. The highest BCUT2D eigenvalue weighted by Gasteiger charge is 2.15. The largest absolute Gasteiger partial charge is 0.316 e. The maximum absolute atomic E-state index is 4.66. The third kappa shape index (κ3) is 3.95. The molecule has 0 amide bonds. The van der Waals surface area contributed by atoms with E-state index in [1.165, 1.54) is 43.5 Å². The molecule has 0 radical (unpaired) electrons. The van der Waals surface area contributed by atoms with Crippen molar-refractivity contribution in [1.29, 1.82) is 0 Å². The number of aryl methyl sites for hydroxylation is 2. The number of aromatic nitrogens is 2. The molecule has 1 aromatic rings. The smallest absolute Gasteiger partial charge is 0.0624 e. The van der Waals surface area contributed by atoms with Crippen molar-refractivity contribution in [2.45, 2.75) is 71.4 Å². The number of hydrogen-bond acceptors (Lipinski definition) is 2. The molecule has 1 aliphatic carbocycles. The van der Waals surface area contributed by atoms with E-state index in [0.717, 1.165) is 19.4 Å². The highest BCUT2D eigenvalue weighted by Crippen LogP contribution is 2.22. The van der Waals surface area contributed by atoms with E-state index in [9.17, 15) is 0 Å². The first-order chi connectivity index (χ1) is 9.76. The number of rotatable bonds is 7. The Morgan fingerprint density at radius 1 is 1.30 bits per heavy atom. The average Bonchev–Trinajstić information content (AvgIpc) is 2.89. The predicted molar refractivity (Wildman–Crippen MR) is 85.0 cm³/mol. The minimum absolute atomic E-state index is 0.533. The molecule has 1 atom stereocenters. The second kappa shape index (κ2) is 7.63. The maximum atomic E-state index is 4.66. The normalized spacial score (nSPS) is 17.1. The average molecular weight is 275 g/mol. The van der Waals surface area contributed by atoms with Crippen molar-refractivity contribution >= 4 is 0 Å². The zero-order valence-electron chi connectivity index (χ0n) is 13.3. The van der Waals surface area contributed by atoms with Gasteiger partial charge in [0.2, 0.25) is 0 Å². The second-order valence-corrected chi connectivity index (χ2v) is 5.80. The fraction of sp³-hybridized carbons (Fsp3) is 0.706. The molecule has 1 unspecified atom stereocenters. The molecule has 0 saturated carbocycles. The Balaban J connectivity index is 2.01. The molecular weight excluding hydrogens is 246 g/mol. The standard InChI is InChI=1S/C17H29N3/c1-4-15-12-17(20(5-2)19-15)13-16(18-3)11-14-9-7-6-8-10-14/h9,12,16,18H,4-8,10-11,13H2,1-3H3. The molecule has 1 heterocycles. The summed E-state index contributed by atoms with van der Waals surface area (Å²) in [7, 11) is 2.08. The van der Waals surface area contributed by atoms with Crippen LogP contribution in [0.2, 0.25) is 0 Å². The van der Waals surface area contributed by atoms with E-state index in [1.54, 1.807) is 5.57 Å². The summed E-state index contributed by atoms with van der Waals surface area (Å²) in [6, 6.07) is 2.81. The fourth-order valence-electron chi connectivity index (χ4n) is 3.06. The third-order valence-electron chi connectivity index (χ3n) is 4.33. The van der Waals surface area contributed by atoms with Gasteiger partial charge in [-0.3, -0.25) is 4.68 Å². The Morgan fingerprint density at radius 2 is 2.15 bits per heavy atom. The van der Waals surface area contributed by atoms with E-state index in [0.29, 0.717) is 6.04 Å². The summed E-state index contributed by atoms with van der Waals surface area (Å²) < 4.78 is 2.17. The van der Waals surface area contributed by atoms with Crippen molar-refractivity contribution in [1.82, 2.24) is 15.1 Å². The summed E-state index contributed by atoms with van der Waals surface area (Å²) in [5.41, 5.74) is 4.24. The molecule has 0 aromatic carbocycles. The summed E-state index contributed by atoms with van der Waals surface area (Å²) in [6.45, 7) is 5.32. The van der Waals surface area contributed by atoms with Crippen molar-refractivity contribution < 1.29 is 0 Å². The molecule has 0 spiro atoms. The van der Waals surface area contributed by atoms with E-state index in [4.69, 9.17) is 0 Å². The number of allylic oxidation sites excluding steroid dienone is 1. The van der Waals surface area contributed by atoms with Gasteiger partial charge in [-0.1, -0.05) is 18.6 Å². The van der Waals surface area contributed by atoms with Crippen LogP contribution in [-0.4, -0.2) is 22.9 Å². The Kier molecular flexibility index (Phi) is 5.84. The first-order valence-electron chi connectivity index (χ1n) is 8.17. The highest BCUT2D eigenvalue weighted by atomic mass is 15.3. The van der Waals surface area contributed by atoms with Crippen molar-refractivity contribution in [2.24, 2.45) is 0 Å². The van der Waals surface area contributed by atoms with Crippen LogP contribution in [0.4, 0.5) is 0 Å². The first kappa shape index (κ1) is 15.3. The predicted octanol–water partition coefficient (Wildman–Crippen LogP) is 3.49. The van der Waals surface area contributed by atoms with Gasteiger partial charge in [0.05, 0.1) is 5.69 Å². The van der Waals surface area contributed by atoms with Gasteiger partial charge >= 0.3 is 0 Å². The van der Waals surface area contributed by atoms with Crippen LogP contribution in [-0.2, 0) is 19.4 Å². The van der Waals surface area contributed by atoms with Crippen LogP contribution >= 0.6 is 0 Å². The SMILES string of the molecule is CCc1cc(CC(CC2=CCCCC2)NC)n(CC)n1. The van der Waals surface area contributed by atoms with Crippen LogP contribution in [0.5, 0.6) is 0 Å². The summed E-state index contributed by atoms with van der Waals surface area (Å²) >= 11 is 0. The van der Waals surface area contributed by atoms with Crippen LogP contribution < -0.4 is 5.32 Å². The van der Waals surface area contributed by atoms with Crippen LogP contribution in [0, 0.1) is 0 Å². The molecule has 1 N–H and O–H groups in total. The van der Waals surface area contributed by atoms with Crippen LogP contribution in [0.3, 0.4) is 0 Å². The van der Waals surface area contributed by atoms with Gasteiger partial charge in [-0.2, -0.15) is 5.10 Å². The highest BCUT2D eigenvalue weighted by molar-refractivity contribution is 5.14. The van der Waals surface area contributed by atoms with Crippen molar-refractivity contribution in [3.63, 3.8) is 0 Å². The molecule has 3 heteroatoms. The van der Waals surface area contributed by atoms with Gasteiger partial charge in [0.15, 0.2) is 0 Å². The quantitative estimate of drug-likeness (QED) is 0.772. The van der Waals surface area contributed by atoms with Crippen molar-refractivity contribution in [3.05, 3.63) is 29.1 Å². The molecule has 0 bridgehead atoms. The van der Waals surface area contributed by atoms with Crippen molar-refractivity contribution in [3.8, 4) is 0 Å². The van der Waals surface area contributed by atoms with Gasteiger partial charge in [-0.05, 0) is 58.6 Å². The maximum Gasteiger partial charge on any atom is 0.0624 e. The Morgan fingerprint density at radius 3 is 2.75 bits per heavy atom. The molecule has 2 rings (SSSR count). The Labute approximate surface area is 123 Å². The fourth-order valence-corrected chi connectivity index (χ4v) is 3.06. The van der Waals surface area contributed by atoms with Gasteiger partial charge in [-0.15, -0.1) is 0 Å². The minimum Gasteiger partial charge on any atom is -0.316 e. The van der Waals surface area contributed by atoms with Gasteiger partial charge in [0.1, 0.15) is 0 Å². The van der Waals surface area contributed by atoms with E-state index >= 15 is 0 Å². The summed E-state index contributed by atoms with van der Waals surface area (Å²) in [4.78, 5) is 0. The number of nitrogens with zero attached hydrogens (tertiary/aromatic N) is 2. The molecule has 1 aromatic heterocycles. The first-order valence-corrected chi connectivity index (χ1v) is 8.17. The molecule has 1 aliphatic rings. The summed E-state index contributed by atoms with van der Waals surface area (Å²) in [5.74, 6) is 0. The number of nitrogens with one attached hydrogen (secondary N) is 1. The van der Waals surface area contributed by atoms with E-state index in [1.807, 2.05) is 0 Å². The van der Waals surface area contributed by atoms with Crippen LogP contribution in [0.25, 0.3) is 0 Å². The van der Waals surface area contributed by atoms with E-state index in [-0.39, 0.29) is 0 Å². The Hall–Kier alpha value is -1.09. The lowest BCUT2D eigenvalue weighted by Gasteiger charge is -2.20. The summed E-state index contributed by atoms with van der Waals surface area (Å²) in [5, 5.41) is 8.15. The van der Waals surface area contributed by atoms with E-state index in [2.05, 4.69) is 48.1 Å². The lowest BCUT2D eigenvalue weighted by Crippen LogP contribution is -2.29. The van der Waals surface area contributed by atoms with Crippen LogP contribution in [0.1, 0.15) is 57.3 Å². The molecule has 20 heavy (non-hydrogen) atoms. The third-order valence-corrected chi connectivity index (χ3v) is 4.33. The molecule has 0 aliphatic heterocycles. The minimum atomic E-state index is 0.533. The topological polar surface area (TPSA) is 29.9 Å². The number of likely N-dealkylation sites (N-methyl/N-ethyl adjacent to an activating group) is 1. The van der Waals surface area contributed by atoms with Crippen LogP contribution in [0.15, 0.2) is 17.7 Å². The molecule has 0 fully saturated rings. The second-order valence-electron chi connectivity index (χ2n) is 5.80. The van der Waals surface area contributed by atoms with Gasteiger partial charge < -0.3 is 5.32 Å². The number of hydrogen-bond donors (Lipinski definition) is 1. The lowest BCUT2D eigenvalue weighted by molar-refractivity contribution is 0.505.